The third kappa shape index (κ3) is 4.79. The lowest BCUT2D eigenvalue weighted by molar-refractivity contribution is -0.142. The molecule has 114 valence electrons. The molecule has 0 spiro atoms. The molecule has 0 aliphatic heterocycles. The number of hydrogen-bond donors (Lipinski definition) is 3. The van der Waals surface area contributed by atoms with Crippen molar-refractivity contribution >= 4 is 17.8 Å². The summed E-state index contributed by atoms with van der Waals surface area (Å²) in [6.45, 7) is 1.67. The van der Waals surface area contributed by atoms with E-state index in [0.717, 1.165) is 0 Å². The molecule has 0 saturated carbocycles. The highest BCUT2D eigenvalue weighted by Gasteiger charge is 2.22. The van der Waals surface area contributed by atoms with Crippen molar-refractivity contribution in [1.82, 2.24) is 5.32 Å². The van der Waals surface area contributed by atoms with Crippen LogP contribution in [0.2, 0.25) is 0 Å². The van der Waals surface area contributed by atoms with Gasteiger partial charge in [-0.25, -0.2) is 4.79 Å². The van der Waals surface area contributed by atoms with Crippen molar-refractivity contribution in [2.45, 2.75) is 25.8 Å². The van der Waals surface area contributed by atoms with Crippen molar-refractivity contribution in [3.05, 3.63) is 29.3 Å². The minimum Gasteiger partial charge on any atom is -0.508 e. The maximum Gasteiger partial charge on any atom is 0.326 e. The number of carboxylic acids is 1. The number of carbonyl (C=O) groups is 3. The standard InChI is InChI=1S/C14H17NO6/c1-8-3-4-9(7-11(8)16)13(18)15-10(14(19)20)5-6-12(17)21-2/h3-4,7,10,16H,5-6H2,1-2H3,(H,15,18)(H,19,20). The van der Waals surface area contributed by atoms with E-state index in [9.17, 15) is 19.5 Å². The summed E-state index contributed by atoms with van der Waals surface area (Å²) in [5.41, 5.74) is 0.745. The van der Waals surface area contributed by atoms with Crippen LogP contribution in [0.25, 0.3) is 0 Å². The predicted molar refractivity (Wildman–Crippen MR) is 73.0 cm³/mol. The van der Waals surface area contributed by atoms with Crippen molar-refractivity contribution in [2.24, 2.45) is 0 Å². The largest absolute Gasteiger partial charge is 0.508 e. The summed E-state index contributed by atoms with van der Waals surface area (Å²) in [6, 6.07) is 3.07. The summed E-state index contributed by atoms with van der Waals surface area (Å²) in [4.78, 5) is 34.0. The summed E-state index contributed by atoms with van der Waals surface area (Å²) >= 11 is 0. The quantitative estimate of drug-likeness (QED) is 0.670. The first-order valence-corrected chi connectivity index (χ1v) is 6.25. The number of carbonyl (C=O) groups excluding carboxylic acids is 2. The summed E-state index contributed by atoms with van der Waals surface area (Å²) in [5.74, 6) is -2.49. The molecule has 1 aromatic rings. The number of rotatable bonds is 6. The number of aliphatic carboxylic acids is 1. The van der Waals surface area contributed by atoms with E-state index in [1.54, 1.807) is 13.0 Å². The third-order valence-corrected chi connectivity index (χ3v) is 2.94. The number of aromatic hydroxyl groups is 1. The molecule has 0 bridgehead atoms. The number of carboxylic acid groups (broad SMARTS) is 1. The summed E-state index contributed by atoms with van der Waals surface area (Å²) in [6.07, 6.45) is -0.196. The molecular weight excluding hydrogens is 278 g/mol. The lowest BCUT2D eigenvalue weighted by Crippen LogP contribution is -2.41. The SMILES string of the molecule is COC(=O)CCC(NC(=O)c1ccc(C)c(O)c1)C(=O)O. The molecule has 1 amide bonds. The average molecular weight is 295 g/mol. The van der Waals surface area contributed by atoms with Crippen molar-refractivity contribution in [1.29, 1.82) is 0 Å². The predicted octanol–water partition coefficient (Wildman–Crippen LogP) is 0.837. The normalized spacial score (nSPS) is 11.5. The van der Waals surface area contributed by atoms with E-state index >= 15 is 0 Å². The number of phenolic OH excluding ortho intramolecular Hbond substituents is 1. The van der Waals surface area contributed by atoms with E-state index in [4.69, 9.17) is 5.11 Å². The molecule has 0 fully saturated rings. The zero-order valence-electron chi connectivity index (χ0n) is 11.8. The fourth-order valence-corrected chi connectivity index (χ4v) is 1.61. The van der Waals surface area contributed by atoms with Gasteiger partial charge in [-0.1, -0.05) is 6.07 Å². The molecule has 0 heterocycles. The van der Waals surface area contributed by atoms with E-state index in [1.165, 1.54) is 19.2 Å². The second-order valence-corrected chi connectivity index (χ2v) is 4.48. The second-order valence-electron chi connectivity index (χ2n) is 4.48. The number of esters is 1. The Bertz CT molecular complexity index is 554. The van der Waals surface area contributed by atoms with E-state index in [2.05, 4.69) is 10.1 Å². The van der Waals surface area contributed by atoms with Gasteiger partial charge >= 0.3 is 11.9 Å². The topological polar surface area (TPSA) is 113 Å². The van der Waals surface area contributed by atoms with Crippen LogP contribution in [0.4, 0.5) is 0 Å². The fraction of sp³-hybridized carbons (Fsp3) is 0.357. The number of hydrogen-bond acceptors (Lipinski definition) is 5. The van der Waals surface area contributed by atoms with Gasteiger partial charge in [0.05, 0.1) is 7.11 Å². The van der Waals surface area contributed by atoms with Crippen LogP contribution in [0.15, 0.2) is 18.2 Å². The van der Waals surface area contributed by atoms with Crippen molar-refractivity contribution < 1.29 is 29.3 Å². The molecule has 0 aromatic heterocycles. The summed E-state index contributed by atoms with van der Waals surface area (Å²) in [7, 11) is 1.20. The Balaban J connectivity index is 2.74. The Morgan fingerprint density at radius 3 is 2.52 bits per heavy atom. The van der Waals surface area contributed by atoms with Crippen LogP contribution in [0.1, 0.15) is 28.8 Å². The number of benzene rings is 1. The van der Waals surface area contributed by atoms with Gasteiger partial charge in [-0.15, -0.1) is 0 Å². The minimum absolute atomic E-state index is 0.0518. The van der Waals surface area contributed by atoms with E-state index in [0.29, 0.717) is 5.56 Å². The Hall–Kier alpha value is -2.57. The first kappa shape index (κ1) is 16.5. The molecule has 0 saturated heterocycles. The molecule has 7 nitrogen and oxygen atoms in total. The Morgan fingerprint density at radius 2 is 2.00 bits per heavy atom. The van der Waals surface area contributed by atoms with Gasteiger partial charge in [0.2, 0.25) is 0 Å². The molecule has 1 unspecified atom stereocenters. The van der Waals surface area contributed by atoms with Gasteiger partial charge in [0.25, 0.3) is 5.91 Å². The number of amides is 1. The highest BCUT2D eigenvalue weighted by Crippen LogP contribution is 2.17. The lowest BCUT2D eigenvalue weighted by atomic mass is 10.1. The van der Waals surface area contributed by atoms with Crippen LogP contribution >= 0.6 is 0 Å². The van der Waals surface area contributed by atoms with Gasteiger partial charge < -0.3 is 20.3 Å². The van der Waals surface area contributed by atoms with Crippen LogP contribution < -0.4 is 5.32 Å². The van der Waals surface area contributed by atoms with Crippen molar-refractivity contribution in [2.75, 3.05) is 7.11 Å². The summed E-state index contributed by atoms with van der Waals surface area (Å²) < 4.78 is 4.42. The van der Waals surface area contributed by atoms with E-state index in [1.807, 2.05) is 0 Å². The van der Waals surface area contributed by atoms with E-state index < -0.39 is 23.9 Å². The summed E-state index contributed by atoms with van der Waals surface area (Å²) in [5, 5.41) is 20.9. The number of phenols is 1. The zero-order valence-corrected chi connectivity index (χ0v) is 11.8. The molecule has 0 aliphatic carbocycles. The number of methoxy groups -OCH3 is 1. The number of nitrogens with one attached hydrogen (secondary N) is 1. The first-order chi connectivity index (χ1) is 9.85. The molecule has 21 heavy (non-hydrogen) atoms. The monoisotopic (exact) mass is 295 g/mol. The van der Waals surface area contributed by atoms with Gasteiger partial charge in [0, 0.05) is 12.0 Å². The smallest absolute Gasteiger partial charge is 0.326 e. The fourth-order valence-electron chi connectivity index (χ4n) is 1.61. The van der Waals surface area contributed by atoms with Gasteiger partial charge in [0.15, 0.2) is 0 Å². The van der Waals surface area contributed by atoms with Crippen LogP contribution in [0.5, 0.6) is 5.75 Å². The Kier molecular flexibility index (Phi) is 5.71. The molecule has 3 N–H and O–H groups in total. The zero-order chi connectivity index (χ0) is 16.0. The molecule has 7 heteroatoms. The number of aryl methyl sites for hydroxylation is 1. The molecule has 1 aromatic carbocycles. The highest BCUT2D eigenvalue weighted by molar-refractivity contribution is 5.97. The Morgan fingerprint density at radius 1 is 1.33 bits per heavy atom. The molecule has 1 rings (SSSR count). The van der Waals surface area contributed by atoms with Crippen LogP contribution in [0, 0.1) is 6.92 Å². The lowest BCUT2D eigenvalue weighted by Gasteiger charge is -2.14. The average Bonchev–Trinajstić information content (AvgIpc) is 2.45. The van der Waals surface area contributed by atoms with E-state index in [-0.39, 0.29) is 24.2 Å². The Labute approximate surface area is 121 Å². The minimum atomic E-state index is -1.25. The highest BCUT2D eigenvalue weighted by atomic mass is 16.5. The van der Waals surface area contributed by atoms with Crippen LogP contribution in [-0.2, 0) is 14.3 Å². The first-order valence-electron chi connectivity index (χ1n) is 6.25. The molecule has 0 aliphatic rings. The van der Waals surface area contributed by atoms with Gasteiger partial charge in [-0.05, 0) is 31.0 Å². The maximum absolute atomic E-state index is 11.9. The van der Waals surface area contributed by atoms with Gasteiger partial charge in [-0.3, -0.25) is 9.59 Å². The molecule has 1 atom stereocenters. The third-order valence-electron chi connectivity index (χ3n) is 2.94. The van der Waals surface area contributed by atoms with Crippen LogP contribution in [0.3, 0.4) is 0 Å². The molecular formula is C14H17NO6. The van der Waals surface area contributed by atoms with Gasteiger partial charge in [-0.2, -0.15) is 0 Å². The molecule has 0 radical (unpaired) electrons. The van der Waals surface area contributed by atoms with Crippen molar-refractivity contribution in [3.63, 3.8) is 0 Å². The number of ether oxygens (including phenoxy) is 1. The van der Waals surface area contributed by atoms with Gasteiger partial charge in [0.1, 0.15) is 11.8 Å². The maximum atomic E-state index is 11.9. The van der Waals surface area contributed by atoms with Crippen molar-refractivity contribution in [3.8, 4) is 5.75 Å². The van der Waals surface area contributed by atoms with Crippen LogP contribution in [-0.4, -0.2) is 41.2 Å². The second kappa shape index (κ2) is 7.28.